The van der Waals surface area contributed by atoms with Crippen LogP contribution in [0.25, 0.3) is 10.8 Å². The van der Waals surface area contributed by atoms with Crippen LogP contribution in [0, 0.1) is 0 Å². The highest BCUT2D eigenvalue weighted by molar-refractivity contribution is 7.13. The molecule has 2 aromatic rings. The molecule has 0 aliphatic heterocycles. The van der Waals surface area contributed by atoms with Crippen LogP contribution in [0.5, 0.6) is 0 Å². The molecule has 1 atom stereocenters. The SMILES string of the molecule is CCOCC(N)c1noc(-c2cncs2)n1. The number of aromatic nitrogens is 3. The number of hydrogen-bond acceptors (Lipinski definition) is 7. The van der Waals surface area contributed by atoms with E-state index in [4.69, 9.17) is 15.0 Å². The first-order valence-corrected chi connectivity index (χ1v) is 5.75. The fourth-order valence-electron chi connectivity index (χ4n) is 1.13. The zero-order chi connectivity index (χ0) is 11.4. The molecule has 2 N–H and O–H groups in total. The van der Waals surface area contributed by atoms with Gasteiger partial charge in [0.25, 0.3) is 5.89 Å². The van der Waals surface area contributed by atoms with E-state index in [0.717, 1.165) is 4.88 Å². The first-order valence-electron chi connectivity index (χ1n) is 4.87. The lowest BCUT2D eigenvalue weighted by atomic mass is 10.3. The maximum Gasteiger partial charge on any atom is 0.269 e. The van der Waals surface area contributed by atoms with Crippen LogP contribution in [0.2, 0.25) is 0 Å². The van der Waals surface area contributed by atoms with Gasteiger partial charge in [0.2, 0.25) is 0 Å². The van der Waals surface area contributed by atoms with Crippen molar-refractivity contribution in [2.75, 3.05) is 13.2 Å². The quantitative estimate of drug-likeness (QED) is 0.845. The summed E-state index contributed by atoms with van der Waals surface area (Å²) in [6.45, 7) is 2.91. The number of ether oxygens (including phenoxy) is 1. The van der Waals surface area contributed by atoms with Crippen LogP contribution in [0.4, 0.5) is 0 Å². The first-order chi connectivity index (χ1) is 7.81. The molecule has 0 aliphatic carbocycles. The fourth-order valence-corrected chi connectivity index (χ4v) is 1.67. The third-order valence-electron chi connectivity index (χ3n) is 1.92. The Balaban J connectivity index is 2.07. The molecule has 0 spiro atoms. The summed E-state index contributed by atoms with van der Waals surface area (Å²) in [5, 5.41) is 3.81. The van der Waals surface area contributed by atoms with Gasteiger partial charge in [-0.15, -0.1) is 11.3 Å². The van der Waals surface area contributed by atoms with E-state index in [1.54, 1.807) is 11.7 Å². The minimum absolute atomic E-state index is 0.356. The Morgan fingerprint density at radius 1 is 1.62 bits per heavy atom. The Morgan fingerprint density at radius 3 is 3.19 bits per heavy atom. The highest BCUT2D eigenvalue weighted by Crippen LogP contribution is 2.21. The molecule has 0 bridgehead atoms. The normalized spacial score (nSPS) is 12.9. The number of rotatable bonds is 5. The van der Waals surface area contributed by atoms with Gasteiger partial charge in [-0.05, 0) is 6.92 Å². The third-order valence-corrected chi connectivity index (χ3v) is 2.68. The summed E-state index contributed by atoms with van der Waals surface area (Å²) in [6, 6.07) is -0.356. The predicted molar refractivity (Wildman–Crippen MR) is 58.8 cm³/mol. The van der Waals surface area contributed by atoms with Gasteiger partial charge in [-0.25, -0.2) is 0 Å². The Morgan fingerprint density at radius 2 is 2.50 bits per heavy atom. The van der Waals surface area contributed by atoms with Crippen molar-refractivity contribution >= 4 is 11.3 Å². The van der Waals surface area contributed by atoms with Crippen LogP contribution in [-0.2, 0) is 4.74 Å². The summed E-state index contributed by atoms with van der Waals surface area (Å²) in [5.74, 6) is 0.904. The molecule has 2 rings (SSSR count). The molecule has 2 heterocycles. The van der Waals surface area contributed by atoms with Gasteiger partial charge in [-0.1, -0.05) is 5.16 Å². The molecule has 6 nitrogen and oxygen atoms in total. The van der Waals surface area contributed by atoms with E-state index in [1.165, 1.54) is 11.3 Å². The molecule has 0 aliphatic rings. The van der Waals surface area contributed by atoms with Crippen molar-refractivity contribution in [3.05, 3.63) is 17.5 Å². The topological polar surface area (TPSA) is 87.1 Å². The molecule has 0 saturated heterocycles. The molecule has 0 amide bonds. The lowest BCUT2D eigenvalue weighted by molar-refractivity contribution is 0.130. The Bertz CT molecular complexity index is 428. The average molecular weight is 240 g/mol. The highest BCUT2D eigenvalue weighted by atomic mass is 32.1. The van der Waals surface area contributed by atoms with Gasteiger partial charge in [0, 0.05) is 6.61 Å². The lowest BCUT2D eigenvalue weighted by Gasteiger charge is -2.05. The molecule has 0 saturated carbocycles. The van der Waals surface area contributed by atoms with Crippen molar-refractivity contribution in [3.63, 3.8) is 0 Å². The molecule has 86 valence electrons. The van der Waals surface area contributed by atoms with Crippen molar-refractivity contribution < 1.29 is 9.26 Å². The molecule has 2 aromatic heterocycles. The fraction of sp³-hybridized carbons (Fsp3) is 0.444. The second-order valence-electron chi connectivity index (χ2n) is 3.09. The van der Waals surface area contributed by atoms with Gasteiger partial charge in [0.1, 0.15) is 4.88 Å². The van der Waals surface area contributed by atoms with Crippen LogP contribution >= 0.6 is 11.3 Å². The summed E-state index contributed by atoms with van der Waals surface area (Å²) in [4.78, 5) is 8.97. The van der Waals surface area contributed by atoms with Crippen LogP contribution in [0.1, 0.15) is 18.8 Å². The van der Waals surface area contributed by atoms with Gasteiger partial charge >= 0.3 is 0 Å². The molecular formula is C9H12N4O2S. The zero-order valence-corrected chi connectivity index (χ0v) is 9.61. The van der Waals surface area contributed by atoms with E-state index in [9.17, 15) is 0 Å². The summed E-state index contributed by atoms with van der Waals surface area (Å²) >= 11 is 1.44. The van der Waals surface area contributed by atoms with Crippen molar-refractivity contribution in [1.82, 2.24) is 15.1 Å². The van der Waals surface area contributed by atoms with E-state index in [1.807, 2.05) is 6.92 Å². The molecule has 1 unspecified atom stereocenters. The van der Waals surface area contributed by atoms with E-state index < -0.39 is 0 Å². The summed E-state index contributed by atoms with van der Waals surface area (Å²) in [6.07, 6.45) is 1.68. The van der Waals surface area contributed by atoms with Gasteiger partial charge in [0.15, 0.2) is 5.82 Å². The Kier molecular flexibility index (Phi) is 3.60. The van der Waals surface area contributed by atoms with Gasteiger partial charge in [-0.2, -0.15) is 4.98 Å². The van der Waals surface area contributed by atoms with Crippen molar-refractivity contribution in [2.24, 2.45) is 5.73 Å². The van der Waals surface area contributed by atoms with Crippen molar-refractivity contribution in [2.45, 2.75) is 13.0 Å². The summed E-state index contributed by atoms with van der Waals surface area (Å²) in [5.41, 5.74) is 7.53. The minimum atomic E-state index is -0.356. The van der Waals surface area contributed by atoms with E-state index in [-0.39, 0.29) is 6.04 Å². The third kappa shape index (κ3) is 2.43. The van der Waals surface area contributed by atoms with E-state index >= 15 is 0 Å². The highest BCUT2D eigenvalue weighted by Gasteiger charge is 2.15. The maximum atomic E-state index is 5.83. The van der Waals surface area contributed by atoms with E-state index in [2.05, 4.69) is 15.1 Å². The standard InChI is InChI=1S/C9H12N4O2S/c1-2-14-4-6(10)8-12-9(15-13-8)7-3-11-5-16-7/h3,5-6H,2,4,10H2,1H3. The maximum absolute atomic E-state index is 5.83. The average Bonchev–Trinajstić information content (AvgIpc) is 2.94. The van der Waals surface area contributed by atoms with Crippen LogP contribution in [-0.4, -0.2) is 28.3 Å². The first kappa shape index (κ1) is 11.2. The molecule has 0 radical (unpaired) electrons. The minimum Gasteiger partial charge on any atom is -0.380 e. The number of hydrogen-bond donors (Lipinski definition) is 1. The molecule has 16 heavy (non-hydrogen) atoms. The summed E-state index contributed by atoms with van der Waals surface area (Å²) < 4.78 is 10.3. The second kappa shape index (κ2) is 5.15. The number of thiazole rings is 1. The van der Waals surface area contributed by atoms with Gasteiger partial charge in [0.05, 0.1) is 24.4 Å². The summed E-state index contributed by atoms with van der Waals surface area (Å²) in [7, 11) is 0. The van der Waals surface area contributed by atoms with Crippen LogP contribution < -0.4 is 5.73 Å². The molecule has 0 fully saturated rings. The molecular weight excluding hydrogens is 228 g/mol. The van der Waals surface area contributed by atoms with E-state index in [0.29, 0.717) is 24.9 Å². The zero-order valence-electron chi connectivity index (χ0n) is 8.79. The number of nitrogens with zero attached hydrogens (tertiary/aromatic N) is 3. The van der Waals surface area contributed by atoms with Gasteiger partial charge in [-0.3, -0.25) is 4.98 Å². The smallest absolute Gasteiger partial charge is 0.269 e. The molecule has 0 aromatic carbocycles. The number of nitrogens with two attached hydrogens (primary N) is 1. The Labute approximate surface area is 96.4 Å². The van der Waals surface area contributed by atoms with Crippen LogP contribution in [0.15, 0.2) is 16.2 Å². The monoisotopic (exact) mass is 240 g/mol. The van der Waals surface area contributed by atoms with Crippen molar-refractivity contribution in [1.29, 1.82) is 0 Å². The van der Waals surface area contributed by atoms with Crippen LogP contribution in [0.3, 0.4) is 0 Å². The lowest BCUT2D eigenvalue weighted by Crippen LogP contribution is -2.18. The van der Waals surface area contributed by atoms with Crippen molar-refractivity contribution in [3.8, 4) is 10.8 Å². The molecule has 7 heteroatoms. The predicted octanol–water partition coefficient (Wildman–Crippen LogP) is 1.23. The largest absolute Gasteiger partial charge is 0.380 e. The second-order valence-corrected chi connectivity index (χ2v) is 3.98. The van der Waals surface area contributed by atoms with Gasteiger partial charge < -0.3 is 15.0 Å². The Hall–Kier alpha value is -1.31.